The second-order valence-electron chi connectivity index (χ2n) is 5.80. The van der Waals surface area contributed by atoms with E-state index in [4.69, 9.17) is 25.8 Å². The van der Waals surface area contributed by atoms with Crippen LogP contribution in [0.2, 0.25) is 5.02 Å². The van der Waals surface area contributed by atoms with Crippen molar-refractivity contribution in [3.8, 4) is 5.75 Å². The molecule has 1 amide bonds. The maximum atomic E-state index is 12.3. The van der Waals surface area contributed by atoms with Crippen LogP contribution in [-0.4, -0.2) is 52.7 Å². The zero-order chi connectivity index (χ0) is 18.5. The van der Waals surface area contributed by atoms with E-state index in [0.29, 0.717) is 31.9 Å². The molecule has 0 aromatic heterocycles. The number of carbonyl (C=O) groups excluding carboxylic acids is 1. The molecule has 9 heteroatoms. The molecule has 7 nitrogen and oxygen atoms in total. The Morgan fingerprint density at radius 1 is 1.36 bits per heavy atom. The molecule has 0 atom stereocenters. The van der Waals surface area contributed by atoms with Gasteiger partial charge in [-0.05, 0) is 25.1 Å². The van der Waals surface area contributed by atoms with Gasteiger partial charge in [0, 0.05) is 19.4 Å². The lowest BCUT2D eigenvalue weighted by Gasteiger charge is -2.22. The van der Waals surface area contributed by atoms with Gasteiger partial charge in [-0.2, -0.15) is 0 Å². The topological polar surface area (TPSA) is 90.9 Å². The number of benzene rings is 1. The van der Waals surface area contributed by atoms with Gasteiger partial charge in [0.25, 0.3) is 0 Å². The van der Waals surface area contributed by atoms with Gasteiger partial charge in [0.05, 0.1) is 36.0 Å². The summed E-state index contributed by atoms with van der Waals surface area (Å²) in [5.41, 5.74) is 0. The Morgan fingerprint density at radius 2 is 2.04 bits per heavy atom. The number of hydrogen-bond acceptors (Lipinski definition) is 6. The minimum absolute atomic E-state index is 0.0615. The van der Waals surface area contributed by atoms with Gasteiger partial charge in [0.1, 0.15) is 5.75 Å². The predicted octanol–water partition coefficient (Wildman–Crippen LogP) is 1.78. The third kappa shape index (κ3) is 5.57. The first kappa shape index (κ1) is 20.0. The first-order chi connectivity index (χ1) is 11.8. The van der Waals surface area contributed by atoms with Crippen molar-refractivity contribution in [3.63, 3.8) is 0 Å². The third-order valence-corrected chi connectivity index (χ3v) is 5.89. The molecule has 140 valence electrons. The predicted molar refractivity (Wildman–Crippen MR) is 92.6 cm³/mol. The summed E-state index contributed by atoms with van der Waals surface area (Å²) < 4.78 is 40.5. The molecular weight excluding hydrogens is 370 g/mol. The van der Waals surface area contributed by atoms with Crippen molar-refractivity contribution in [2.24, 2.45) is 0 Å². The van der Waals surface area contributed by atoms with E-state index in [1.165, 1.54) is 25.3 Å². The van der Waals surface area contributed by atoms with E-state index in [9.17, 15) is 13.2 Å². The average Bonchev–Trinajstić information content (AvgIpc) is 2.99. The van der Waals surface area contributed by atoms with Crippen LogP contribution < -0.4 is 10.1 Å². The minimum atomic E-state index is -3.61. The number of sulfone groups is 1. The fourth-order valence-corrected chi connectivity index (χ4v) is 3.99. The van der Waals surface area contributed by atoms with E-state index in [0.717, 1.165) is 0 Å². The van der Waals surface area contributed by atoms with Crippen molar-refractivity contribution < 1.29 is 27.4 Å². The second kappa shape index (κ2) is 8.35. The van der Waals surface area contributed by atoms with Crippen LogP contribution in [0.3, 0.4) is 0 Å². The summed E-state index contributed by atoms with van der Waals surface area (Å²) in [5.74, 6) is -0.932. The van der Waals surface area contributed by atoms with Gasteiger partial charge in [-0.3, -0.25) is 4.79 Å². The quantitative estimate of drug-likeness (QED) is 0.726. The maximum Gasteiger partial charge on any atom is 0.221 e. The highest BCUT2D eigenvalue weighted by atomic mass is 35.5. The summed E-state index contributed by atoms with van der Waals surface area (Å²) >= 11 is 5.95. The summed E-state index contributed by atoms with van der Waals surface area (Å²) in [6, 6.07) is 4.22. The molecule has 1 aromatic rings. The maximum absolute atomic E-state index is 12.3. The molecule has 0 unspecified atom stereocenters. The molecule has 0 radical (unpaired) electrons. The van der Waals surface area contributed by atoms with Crippen LogP contribution >= 0.6 is 11.6 Å². The summed E-state index contributed by atoms with van der Waals surface area (Å²) in [6.07, 6.45) is 0.365. The summed E-state index contributed by atoms with van der Waals surface area (Å²) in [4.78, 5) is 11.9. The monoisotopic (exact) mass is 391 g/mol. The van der Waals surface area contributed by atoms with Crippen LogP contribution in [0.4, 0.5) is 0 Å². The Bertz CT molecular complexity index is 715. The molecule has 0 bridgehead atoms. The number of rotatable bonds is 8. The molecular formula is C16H22ClNO6S. The van der Waals surface area contributed by atoms with E-state index in [1.54, 1.807) is 0 Å². The molecule has 1 aliphatic heterocycles. The summed E-state index contributed by atoms with van der Waals surface area (Å²) in [7, 11) is -2.16. The lowest BCUT2D eigenvalue weighted by atomic mass is 10.2. The first-order valence-corrected chi connectivity index (χ1v) is 9.90. The molecule has 1 heterocycles. The number of carbonyl (C=O) groups is 1. The summed E-state index contributed by atoms with van der Waals surface area (Å²) in [5, 5.41) is 2.89. The standard InChI is InChI=1S/C16H22ClNO6S/c1-16(23-8-9-24-16)6-7-18-15(19)5-10-25(20,21)12-3-4-14(22-2)13(17)11-12/h3-4,11H,5-10H2,1-2H3,(H,18,19). The fourth-order valence-electron chi connectivity index (χ4n) is 2.40. The van der Waals surface area contributed by atoms with E-state index >= 15 is 0 Å². The zero-order valence-corrected chi connectivity index (χ0v) is 15.8. The number of amides is 1. The highest BCUT2D eigenvalue weighted by molar-refractivity contribution is 7.91. The van der Waals surface area contributed by atoms with Crippen LogP contribution in [0.1, 0.15) is 19.8 Å². The first-order valence-electron chi connectivity index (χ1n) is 7.87. The highest BCUT2D eigenvalue weighted by Gasteiger charge is 2.30. The molecule has 25 heavy (non-hydrogen) atoms. The third-order valence-electron chi connectivity index (χ3n) is 3.88. The van der Waals surface area contributed by atoms with E-state index in [2.05, 4.69) is 5.32 Å². The number of halogens is 1. The Kier molecular flexibility index (Phi) is 6.67. The van der Waals surface area contributed by atoms with Gasteiger partial charge >= 0.3 is 0 Å². The van der Waals surface area contributed by atoms with E-state index in [1.807, 2.05) is 6.92 Å². The number of ether oxygens (including phenoxy) is 3. The van der Waals surface area contributed by atoms with Gasteiger partial charge in [0.15, 0.2) is 15.6 Å². The SMILES string of the molecule is COc1ccc(S(=O)(=O)CCC(=O)NCCC2(C)OCCO2)cc1Cl. The van der Waals surface area contributed by atoms with Gasteiger partial charge < -0.3 is 19.5 Å². The normalized spacial score (nSPS) is 16.6. The van der Waals surface area contributed by atoms with E-state index < -0.39 is 15.6 Å². The van der Waals surface area contributed by atoms with Gasteiger partial charge in [-0.1, -0.05) is 11.6 Å². The van der Waals surface area contributed by atoms with Crippen molar-refractivity contribution in [2.45, 2.75) is 30.4 Å². The average molecular weight is 392 g/mol. The van der Waals surface area contributed by atoms with Crippen molar-refractivity contribution in [1.82, 2.24) is 5.32 Å². The largest absolute Gasteiger partial charge is 0.495 e. The molecule has 0 aliphatic carbocycles. The van der Waals surface area contributed by atoms with Crippen LogP contribution in [0.15, 0.2) is 23.1 Å². The smallest absolute Gasteiger partial charge is 0.221 e. The van der Waals surface area contributed by atoms with Crippen molar-refractivity contribution in [1.29, 1.82) is 0 Å². The lowest BCUT2D eigenvalue weighted by molar-refractivity contribution is -0.146. The highest BCUT2D eigenvalue weighted by Crippen LogP contribution is 2.27. The van der Waals surface area contributed by atoms with Gasteiger partial charge in [-0.25, -0.2) is 8.42 Å². The van der Waals surface area contributed by atoms with Crippen LogP contribution in [0.25, 0.3) is 0 Å². The van der Waals surface area contributed by atoms with Crippen molar-refractivity contribution in [2.75, 3.05) is 32.6 Å². The molecule has 1 fully saturated rings. The Morgan fingerprint density at radius 3 is 2.64 bits per heavy atom. The lowest BCUT2D eigenvalue weighted by Crippen LogP contribution is -2.34. The number of hydrogen-bond donors (Lipinski definition) is 1. The number of nitrogens with one attached hydrogen (secondary N) is 1. The molecule has 1 saturated heterocycles. The van der Waals surface area contributed by atoms with Crippen LogP contribution in [0.5, 0.6) is 5.75 Å². The molecule has 1 aliphatic rings. The molecule has 2 rings (SSSR count). The zero-order valence-electron chi connectivity index (χ0n) is 14.2. The summed E-state index contributed by atoms with van der Waals surface area (Å²) in [6.45, 7) is 3.23. The van der Waals surface area contributed by atoms with Crippen molar-refractivity contribution in [3.05, 3.63) is 23.2 Å². The fraction of sp³-hybridized carbons (Fsp3) is 0.562. The van der Waals surface area contributed by atoms with Gasteiger partial charge in [0.2, 0.25) is 5.91 Å². The van der Waals surface area contributed by atoms with Crippen molar-refractivity contribution >= 4 is 27.3 Å². The van der Waals surface area contributed by atoms with E-state index in [-0.39, 0.29) is 28.0 Å². The Balaban J connectivity index is 1.82. The second-order valence-corrected chi connectivity index (χ2v) is 8.31. The van der Waals surface area contributed by atoms with Gasteiger partial charge in [-0.15, -0.1) is 0 Å². The van der Waals surface area contributed by atoms with Crippen LogP contribution in [0, 0.1) is 0 Å². The molecule has 0 spiro atoms. The molecule has 0 saturated carbocycles. The van der Waals surface area contributed by atoms with Crippen LogP contribution in [-0.2, 0) is 24.1 Å². The Labute approximate surface area is 152 Å². The minimum Gasteiger partial charge on any atom is -0.495 e. The Hall–Kier alpha value is -1.35. The number of methoxy groups -OCH3 is 1. The molecule has 1 N–H and O–H groups in total. The molecule has 1 aromatic carbocycles.